The number of hydrogen-bond donors (Lipinski definition) is 14. The lowest BCUT2D eigenvalue weighted by Gasteiger charge is -2.27. The molecule has 0 aliphatic heterocycles. The van der Waals surface area contributed by atoms with E-state index in [0.717, 1.165) is 0 Å². The highest BCUT2D eigenvalue weighted by Crippen LogP contribution is 2.09. The number of carbonyl (C=O) groups excluding carboxylic acids is 6. The van der Waals surface area contributed by atoms with Crippen LogP contribution in [-0.4, -0.2) is 139 Å². The molecule has 0 aliphatic carbocycles. The molecule has 2 heterocycles. The lowest BCUT2D eigenvalue weighted by molar-refractivity contribution is -0.141. The van der Waals surface area contributed by atoms with Crippen molar-refractivity contribution in [3.63, 3.8) is 0 Å². The maximum absolute atomic E-state index is 14.2. The summed E-state index contributed by atoms with van der Waals surface area (Å²) in [4.78, 5) is 110. The summed E-state index contributed by atoms with van der Waals surface area (Å²) in [6.07, 6.45) is 5.28. The molecule has 1 aromatic carbocycles. The van der Waals surface area contributed by atoms with Crippen molar-refractivity contribution in [3.8, 4) is 0 Å². The number of aliphatic hydroxyl groups excluding tert-OH is 1. The average molecular weight is 857 g/mol. The molecule has 3 rings (SSSR count). The van der Waals surface area contributed by atoms with E-state index in [4.69, 9.17) is 17.2 Å². The maximum atomic E-state index is 14.2. The molecule has 24 heteroatoms. The van der Waals surface area contributed by atoms with Crippen molar-refractivity contribution in [2.45, 2.75) is 81.3 Å². The van der Waals surface area contributed by atoms with Crippen molar-refractivity contribution in [2.24, 2.45) is 22.2 Å². The quantitative estimate of drug-likeness (QED) is 0.0165. The second-order valence-electron chi connectivity index (χ2n) is 13.5. The number of nitrogens with two attached hydrogens (primary N) is 3. The standard InChI is InChI=1S/C36H52N14O9S/c1-19(45-30(53)23(37)15-51)29(52)47-25(10-20-6-3-2-4-7-20)32(55)46-24(8-5-9-42-36(38)39)31(54)48-26(11-21-13-40-17-43-21)33(56)49-27(12-22-14-41-18-44-22)34(57)50-28(16-60)35(58)59/h2-4,6-7,13-14,17-19,23-28,51,60H,5,8-12,15-16,37H2,1H3,(H,40,43)(H,41,44)(H,45,53)(H,46,55)(H,47,52)(H,48,54)(H,49,56)(H,50,57)(H,58,59)(H4,38,39,42)/t19-,23-,24-,25-,26-,27-,28-/m0/s1. The van der Waals surface area contributed by atoms with Gasteiger partial charge in [-0.1, -0.05) is 30.3 Å². The molecule has 16 N–H and O–H groups in total. The number of H-pyrrole nitrogens is 2. The van der Waals surface area contributed by atoms with Crippen LogP contribution in [0.25, 0.3) is 0 Å². The zero-order chi connectivity index (χ0) is 44.2. The maximum Gasteiger partial charge on any atom is 0.327 e. The third-order valence-electron chi connectivity index (χ3n) is 8.80. The van der Waals surface area contributed by atoms with Crippen LogP contribution in [0.4, 0.5) is 0 Å². The van der Waals surface area contributed by atoms with E-state index in [0.29, 0.717) is 17.0 Å². The van der Waals surface area contributed by atoms with Gasteiger partial charge in [0, 0.05) is 55.3 Å². The normalized spacial score (nSPS) is 14.4. The molecule has 0 fully saturated rings. The second-order valence-corrected chi connectivity index (χ2v) is 13.9. The Labute approximate surface area is 349 Å². The van der Waals surface area contributed by atoms with Crippen LogP contribution in [0.15, 0.2) is 60.4 Å². The second kappa shape index (κ2) is 24.4. The largest absolute Gasteiger partial charge is 0.480 e. The van der Waals surface area contributed by atoms with E-state index >= 15 is 0 Å². The highest BCUT2D eigenvalue weighted by atomic mass is 32.1. The number of aliphatic hydroxyl groups is 1. The number of aromatic amines is 2. The van der Waals surface area contributed by atoms with E-state index in [2.05, 4.69) is 69.5 Å². The summed E-state index contributed by atoms with van der Waals surface area (Å²) < 4.78 is 0. The fourth-order valence-corrected chi connectivity index (χ4v) is 5.77. The first-order chi connectivity index (χ1) is 28.6. The molecular weight excluding hydrogens is 805 g/mol. The van der Waals surface area contributed by atoms with Gasteiger partial charge in [-0.05, 0) is 25.3 Å². The van der Waals surface area contributed by atoms with E-state index in [1.165, 1.54) is 32.0 Å². The van der Waals surface area contributed by atoms with Crippen LogP contribution in [0.5, 0.6) is 0 Å². The van der Waals surface area contributed by atoms with Crippen LogP contribution >= 0.6 is 12.6 Å². The fraction of sp³-hybridized carbons (Fsp3) is 0.444. The van der Waals surface area contributed by atoms with Gasteiger partial charge < -0.3 is 69.3 Å². The SMILES string of the molecule is C[C@H](NC(=O)[C@@H](N)CO)C(=O)N[C@@H](Cc1ccccc1)C(=O)N[C@@H](CCCN=C(N)N)C(=O)N[C@@H](Cc1cnc[nH]1)C(=O)N[C@@H](Cc1cnc[nH]1)C(=O)N[C@@H](CS)C(=O)O. The number of aliphatic imine (C=N–C) groups is 1. The van der Waals surface area contributed by atoms with E-state index < -0.39 is 90.3 Å². The lowest BCUT2D eigenvalue weighted by atomic mass is 10.0. The minimum Gasteiger partial charge on any atom is -0.480 e. The van der Waals surface area contributed by atoms with Gasteiger partial charge in [-0.25, -0.2) is 14.8 Å². The lowest BCUT2D eigenvalue weighted by Crippen LogP contribution is -2.60. The van der Waals surface area contributed by atoms with Crippen LogP contribution in [0.1, 0.15) is 36.7 Å². The fourth-order valence-electron chi connectivity index (χ4n) is 5.52. The van der Waals surface area contributed by atoms with Crippen molar-refractivity contribution in [2.75, 3.05) is 18.9 Å². The van der Waals surface area contributed by atoms with Gasteiger partial charge in [0.25, 0.3) is 0 Å². The van der Waals surface area contributed by atoms with E-state index in [1.54, 1.807) is 30.3 Å². The summed E-state index contributed by atoms with van der Waals surface area (Å²) in [5, 5.41) is 33.9. The number of carboxylic acids is 1. The minimum absolute atomic E-state index is 0.0435. The van der Waals surface area contributed by atoms with Gasteiger partial charge in [0.1, 0.15) is 42.3 Å². The molecule has 0 radical (unpaired) electrons. The van der Waals surface area contributed by atoms with Crippen LogP contribution < -0.4 is 49.1 Å². The minimum atomic E-state index is -1.40. The number of carbonyl (C=O) groups is 7. The first-order valence-electron chi connectivity index (χ1n) is 18.7. The molecular formula is C36H52N14O9S. The van der Waals surface area contributed by atoms with Crippen molar-refractivity contribution in [1.29, 1.82) is 0 Å². The zero-order valence-electron chi connectivity index (χ0n) is 32.7. The first-order valence-corrected chi connectivity index (χ1v) is 19.3. The predicted molar refractivity (Wildman–Crippen MR) is 218 cm³/mol. The molecule has 0 saturated heterocycles. The Morgan fingerprint density at radius 1 is 0.717 bits per heavy atom. The number of carboxylic acid groups (broad SMARTS) is 1. The number of guanidine groups is 1. The van der Waals surface area contributed by atoms with E-state index in [1.807, 2.05) is 0 Å². The smallest absolute Gasteiger partial charge is 0.327 e. The number of hydrogen-bond acceptors (Lipinski definition) is 13. The molecule has 2 aromatic heterocycles. The molecule has 326 valence electrons. The monoisotopic (exact) mass is 856 g/mol. The number of nitrogens with one attached hydrogen (secondary N) is 8. The van der Waals surface area contributed by atoms with Crippen LogP contribution in [0, 0.1) is 0 Å². The Balaban J connectivity index is 1.91. The molecule has 7 atom stereocenters. The van der Waals surface area contributed by atoms with Gasteiger partial charge in [0.15, 0.2) is 5.96 Å². The summed E-state index contributed by atoms with van der Waals surface area (Å²) in [5.74, 6) is -6.73. The Bertz CT molecular complexity index is 1900. The number of aliphatic carboxylic acids is 1. The molecule has 60 heavy (non-hydrogen) atoms. The molecule has 0 aliphatic rings. The molecule has 0 saturated carbocycles. The molecule has 0 bridgehead atoms. The van der Waals surface area contributed by atoms with Crippen LogP contribution in [0.2, 0.25) is 0 Å². The van der Waals surface area contributed by atoms with Crippen molar-refractivity contribution in [3.05, 3.63) is 72.3 Å². The summed E-state index contributed by atoms with van der Waals surface area (Å²) in [6, 6.07) is -0.616. The highest BCUT2D eigenvalue weighted by Gasteiger charge is 2.33. The Hall–Kier alpha value is -6.53. The number of nitrogens with zero attached hydrogens (tertiary/aromatic N) is 3. The summed E-state index contributed by atoms with van der Waals surface area (Å²) in [7, 11) is 0. The van der Waals surface area contributed by atoms with Gasteiger partial charge in [0.2, 0.25) is 35.4 Å². The molecule has 6 amide bonds. The van der Waals surface area contributed by atoms with Crippen molar-refractivity contribution < 1.29 is 43.8 Å². The van der Waals surface area contributed by atoms with Gasteiger partial charge >= 0.3 is 5.97 Å². The van der Waals surface area contributed by atoms with E-state index in [-0.39, 0.29) is 50.4 Å². The molecule has 23 nitrogen and oxygen atoms in total. The van der Waals surface area contributed by atoms with Crippen LogP contribution in [0.3, 0.4) is 0 Å². The molecule has 0 spiro atoms. The first kappa shape index (κ1) is 47.8. The summed E-state index contributed by atoms with van der Waals surface area (Å²) in [6.45, 7) is 0.750. The predicted octanol–water partition coefficient (Wildman–Crippen LogP) is -4.52. The highest BCUT2D eigenvalue weighted by molar-refractivity contribution is 7.80. The zero-order valence-corrected chi connectivity index (χ0v) is 33.6. The summed E-state index contributed by atoms with van der Waals surface area (Å²) in [5.41, 5.74) is 18.0. The van der Waals surface area contributed by atoms with Crippen LogP contribution in [-0.2, 0) is 52.8 Å². The topological polar surface area (TPSA) is 380 Å². The third-order valence-corrected chi connectivity index (χ3v) is 9.17. The number of rotatable bonds is 25. The summed E-state index contributed by atoms with van der Waals surface area (Å²) >= 11 is 3.99. The number of amides is 6. The van der Waals surface area contributed by atoms with Gasteiger partial charge in [-0.2, -0.15) is 12.6 Å². The number of benzene rings is 1. The average Bonchev–Trinajstić information content (AvgIpc) is 3.94. The number of imidazole rings is 2. The third kappa shape index (κ3) is 16.0. The number of thiol groups is 1. The Morgan fingerprint density at radius 2 is 1.20 bits per heavy atom. The molecule has 0 unspecified atom stereocenters. The Kier molecular flexibility index (Phi) is 19.5. The van der Waals surface area contributed by atoms with Gasteiger partial charge in [-0.3, -0.25) is 33.8 Å². The van der Waals surface area contributed by atoms with Gasteiger partial charge in [0.05, 0.1) is 19.3 Å². The van der Waals surface area contributed by atoms with E-state index in [9.17, 15) is 43.8 Å². The Morgan fingerprint density at radius 3 is 1.67 bits per heavy atom. The molecule has 3 aromatic rings. The number of aromatic nitrogens is 4. The van der Waals surface area contributed by atoms with Crippen molar-refractivity contribution in [1.82, 2.24) is 51.8 Å². The van der Waals surface area contributed by atoms with Gasteiger partial charge in [-0.15, -0.1) is 0 Å². The van der Waals surface area contributed by atoms with Crippen molar-refractivity contribution >= 4 is 60.0 Å².